The summed E-state index contributed by atoms with van der Waals surface area (Å²) in [5, 5.41) is 0. The zero-order chi connectivity index (χ0) is 22.6. The molecule has 0 heterocycles. The second kappa shape index (κ2) is 12.6. The summed E-state index contributed by atoms with van der Waals surface area (Å²) in [4.78, 5) is 30.1. The molecule has 0 bridgehead atoms. The third kappa shape index (κ3) is 9.02. The number of hydrogen-bond donors (Lipinski definition) is 0. The Morgan fingerprint density at radius 1 is 1.17 bits per heavy atom. The van der Waals surface area contributed by atoms with E-state index in [1.165, 1.54) is 20.5 Å². The maximum atomic E-state index is 12.6. The highest BCUT2D eigenvalue weighted by Crippen LogP contribution is 2.19. The van der Waals surface area contributed by atoms with Crippen LogP contribution in [0.1, 0.15) is 38.3 Å². The Labute approximate surface area is 179 Å². The Bertz CT molecular complexity index is 741. The molecule has 1 amide bonds. The fourth-order valence-corrected chi connectivity index (χ4v) is 2.48. The molecule has 0 unspecified atom stereocenters. The molecule has 0 aromatic heterocycles. The third-order valence-corrected chi connectivity index (χ3v) is 3.78. The van der Waals surface area contributed by atoms with E-state index in [1.54, 1.807) is 17.0 Å². The van der Waals surface area contributed by atoms with Crippen LogP contribution < -0.4 is 0 Å². The van der Waals surface area contributed by atoms with Gasteiger partial charge < -0.3 is 23.8 Å². The molecule has 0 aliphatic heterocycles. The first-order chi connectivity index (χ1) is 14.2. The number of carbonyl (C=O) groups is 2. The zero-order valence-electron chi connectivity index (χ0n) is 18.2. The largest absolute Gasteiger partial charge is 0.560 e. The van der Waals surface area contributed by atoms with Crippen LogP contribution in [0.3, 0.4) is 0 Å². The van der Waals surface area contributed by atoms with Crippen LogP contribution >= 0.6 is 0 Å². The van der Waals surface area contributed by atoms with Crippen LogP contribution in [-0.4, -0.2) is 64.3 Å². The minimum atomic E-state index is -0.606. The van der Waals surface area contributed by atoms with Crippen molar-refractivity contribution in [3.63, 3.8) is 0 Å². The maximum Gasteiger partial charge on any atom is 0.410 e. The Balaban J connectivity index is 2.93. The van der Waals surface area contributed by atoms with Crippen molar-refractivity contribution in [1.29, 1.82) is 0 Å². The lowest BCUT2D eigenvalue weighted by Gasteiger charge is -2.27. The van der Waals surface area contributed by atoms with E-state index in [0.29, 0.717) is 37.2 Å². The highest BCUT2D eigenvalue weighted by molar-refractivity contribution is 6.16. The minimum absolute atomic E-state index is 0.301. The summed E-state index contributed by atoms with van der Waals surface area (Å²) in [5.74, 6) is -0.498. The molecular weight excluding hydrogens is 387 g/mol. The molecule has 2 radical (unpaired) electrons. The van der Waals surface area contributed by atoms with Crippen LogP contribution in [0.25, 0.3) is 5.57 Å². The molecule has 0 atom stereocenters. The Morgan fingerprint density at radius 3 is 2.37 bits per heavy atom. The van der Waals surface area contributed by atoms with Gasteiger partial charge in [0.2, 0.25) is 0 Å². The Morgan fingerprint density at radius 2 is 1.83 bits per heavy atom. The average molecular weight is 416 g/mol. The van der Waals surface area contributed by atoms with E-state index >= 15 is 0 Å². The van der Waals surface area contributed by atoms with Gasteiger partial charge in [0, 0.05) is 19.6 Å². The third-order valence-electron chi connectivity index (χ3n) is 3.78. The van der Waals surface area contributed by atoms with Gasteiger partial charge in [0.15, 0.2) is 0 Å². The predicted molar refractivity (Wildman–Crippen MR) is 115 cm³/mol. The van der Waals surface area contributed by atoms with E-state index in [0.717, 1.165) is 12.0 Å². The molecule has 0 saturated carbocycles. The van der Waals surface area contributed by atoms with E-state index in [1.807, 2.05) is 32.9 Å². The van der Waals surface area contributed by atoms with Crippen molar-refractivity contribution >= 4 is 32.1 Å². The summed E-state index contributed by atoms with van der Waals surface area (Å²) < 4.78 is 19.5. The molecule has 9 heteroatoms. The van der Waals surface area contributed by atoms with Crippen LogP contribution in [0, 0.1) is 0 Å². The smallest absolute Gasteiger partial charge is 0.410 e. The standard InChI is InChI=1S/C21H29BN2O6/c1-21(2,3)30-20(26)24(12-6-11-23-15-29-22)13-16-7-9-17(10-8-16)18(14-27-4)19(25)28-5/h7-10,14-15H,6,11-13H2,1-5H3/b18-14+,23-15?. The number of amides is 1. The number of carbonyl (C=O) groups excluding carboxylic acids is 2. The topological polar surface area (TPSA) is 86.7 Å². The quantitative estimate of drug-likeness (QED) is 0.111. The predicted octanol–water partition coefficient (Wildman–Crippen LogP) is 3.10. The fourth-order valence-electron chi connectivity index (χ4n) is 2.48. The lowest BCUT2D eigenvalue weighted by molar-refractivity contribution is -0.133. The molecule has 30 heavy (non-hydrogen) atoms. The SMILES string of the molecule is [B]OC=NCCCN(Cc1ccc(/C(=C\OC)C(=O)OC)cc1)C(=O)OC(C)(C)C. The molecule has 0 fully saturated rings. The maximum absolute atomic E-state index is 12.6. The van der Waals surface area contributed by atoms with Crippen molar-refractivity contribution in [3.8, 4) is 0 Å². The van der Waals surface area contributed by atoms with Crippen LogP contribution in [0.15, 0.2) is 35.5 Å². The molecular formula is C21H29BN2O6. The second-order valence-electron chi connectivity index (χ2n) is 7.36. The van der Waals surface area contributed by atoms with Gasteiger partial charge >= 0.3 is 20.1 Å². The van der Waals surface area contributed by atoms with Crippen LogP contribution in [0.5, 0.6) is 0 Å². The first kappa shape index (κ1) is 25.1. The average Bonchev–Trinajstić information content (AvgIpc) is 2.69. The molecule has 1 rings (SSSR count). The number of aliphatic imine (C=N–C) groups is 1. The fraction of sp³-hybridized carbons (Fsp3) is 0.476. The summed E-state index contributed by atoms with van der Waals surface area (Å²) >= 11 is 0. The van der Waals surface area contributed by atoms with Crippen LogP contribution in [0.4, 0.5) is 4.79 Å². The molecule has 0 saturated heterocycles. The number of hydrogen-bond acceptors (Lipinski definition) is 7. The van der Waals surface area contributed by atoms with Crippen molar-refractivity contribution in [2.24, 2.45) is 4.99 Å². The van der Waals surface area contributed by atoms with Gasteiger partial charge in [-0.15, -0.1) is 0 Å². The highest BCUT2D eigenvalue weighted by Gasteiger charge is 2.22. The number of benzene rings is 1. The van der Waals surface area contributed by atoms with Crippen molar-refractivity contribution in [2.45, 2.75) is 39.3 Å². The van der Waals surface area contributed by atoms with Crippen LogP contribution in [0.2, 0.25) is 0 Å². The van der Waals surface area contributed by atoms with Gasteiger partial charge in [-0.2, -0.15) is 0 Å². The van der Waals surface area contributed by atoms with Gasteiger partial charge in [-0.3, -0.25) is 4.99 Å². The number of esters is 1. The van der Waals surface area contributed by atoms with Crippen molar-refractivity contribution in [3.05, 3.63) is 41.7 Å². The Kier molecular flexibility index (Phi) is 10.5. The molecule has 0 N–H and O–H groups in total. The summed E-state index contributed by atoms with van der Waals surface area (Å²) in [6.45, 7) is 6.69. The van der Waals surface area contributed by atoms with Gasteiger partial charge in [0.05, 0.1) is 20.5 Å². The molecule has 1 aromatic rings. The van der Waals surface area contributed by atoms with Crippen molar-refractivity contribution < 1.29 is 28.5 Å². The summed E-state index contributed by atoms with van der Waals surface area (Å²) in [7, 11) is 7.66. The minimum Gasteiger partial charge on any atom is -0.560 e. The second-order valence-corrected chi connectivity index (χ2v) is 7.36. The molecule has 0 aliphatic rings. The summed E-state index contributed by atoms with van der Waals surface area (Å²) in [6, 6.07) is 7.21. The van der Waals surface area contributed by atoms with E-state index < -0.39 is 17.7 Å². The lowest BCUT2D eigenvalue weighted by Crippen LogP contribution is -2.37. The molecule has 8 nitrogen and oxygen atoms in total. The van der Waals surface area contributed by atoms with E-state index in [-0.39, 0.29) is 0 Å². The number of methoxy groups -OCH3 is 2. The lowest BCUT2D eigenvalue weighted by atomic mass is 10.0. The van der Waals surface area contributed by atoms with Crippen molar-refractivity contribution in [1.82, 2.24) is 4.90 Å². The van der Waals surface area contributed by atoms with Gasteiger partial charge in [-0.1, -0.05) is 24.3 Å². The number of nitrogens with zero attached hydrogens (tertiary/aromatic N) is 2. The van der Waals surface area contributed by atoms with Crippen LogP contribution in [-0.2, 0) is 30.2 Å². The van der Waals surface area contributed by atoms with Crippen molar-refractivity contribution in [2.75, 3.05) is 27.3 Å². The van der Waals surface area contributed by atoms with E-state index in [2.05, 4.69) is 9.65 Å². The van der Waals surface area contributed by atoms with Gasteiger partial charge in [-0.05, 0) is 38.3 Å². The van der Waals surface area contributed by atoms with Gasteiger partial charge in [0.1, 0.15) is 17.6 Å². The Hall–Kier alpha value is -2.97. The molecule has 162 valence electrons. The van der Waals surface area contributed by atoms with Gasteiger partial charge in [0.25, 0.3) is 0 Å². The molecule has 0 aliphatic carbocycles. The molecule has 1 aromatic carbocycles. The number of rotatable bonds is 10. The zero-order valence-corrected chi connectivity index (χ0v) is 18.2. The van der Waals surface area contributed by atoms with E-state index in [4.69, 9.17) is 22.3 Å². The number of ether oxygens (including phenoxy) is 3. The first-order valence-corrected chi connectivity index (χ1v) is 9.44. The van der Waals surface area contributed by atoms with E-state index in [9.17, 15) is 9.59 Å². The monoisotopic (exact) mass is 416 g/mol. The van der Waals surface area contributed by atoms with Gasteiger partial charge in [-0.25, -0.2) is 9.59 Å². The first-order valence-electron chi connectivity index (χ1n) is 9.44. The summed E-state index contributed by atoms with van der Waals surface area (Å²) in [5.41, 5.74) is 1.22. The molecule has 0 spiro atoms. The summed E-state index contributed by atoms with van der Waals surface area (Å²) in [6.07, 6.45) is 2.68. The normalized spacial score (nSPS) is 11.8. The highest BCUT2D eigenvalue weighted by atomic mass is 16.6.